The highest BCUT2D eigenvalue weighted by atomic mass is 16.1. The number of azide groups is 1. The third-order valence-corrected chi connectivity index (χ3v) is 1.15. The van der Waals surface area contributed by atoms with Crippen molar-refractivity contribution in [2.45, 2.75) is 12.8 Å². The maximum atomic E-state index is 10.8. The molecule has 1 N–H and O–H groups in total. The molecule has 5 nitrogen and oxygen atoms in total. The van der Waals surface area contributed by atoms with Gasteiger partial charge >= 0.3 is 0 Å². The third-order valence-electron chi connectivity index (χ3n) is 1.15. The molecule has 0 aliphatic heterocycles. The van der Waals surface area contributed by atoms with Gasteiger partial charge in [0.25, 0.3) is 0 Å². The lowest BCUT2D eigenvalue weighted by Crippen LogP contribution is -2.23. The molecule has 0 atom stereocenters. The maximum absolute atomic E-state index is 10.8. The van der Waals surface area contributed by atoms with Crippen molar-refractivity contribution in [2.75, 3.05) is 13.1 Å². The van der Waals surface area contributed by atoms with Crippen LogP contribution in [0.3, 0.4) is 0 Å². The number of hydrogen-bond donors (Lipinski definition) is 1. The van der Waals surface area contributed by atoms with E-state index in [-0.39, 0.29) is 5.91 Å². The molecule has 0 radical (unpaired) electrons. The standard InChI is InChI=1S/C7H12N4O/c1-2-4-7(12)9-5-3-6-10-11-8/h2H,1,3-6H2,(H,9,12). The summed E-state index contributed by atoms with van der Waals surface area (Å²) < 4.78 is 0. The molecule has 0 spiro atoms. The number of hydrogen-bond acceptors (Lipinski definition) is 2. The molecule has 0 unspecified atom stereocenters. The van der Waals surface area contributed by atoms with Gasteiger partial charge in [0.05, 0.1) is 0 Å². The molecule has 0 fully saturated rings. The SMILES string of the molecule is C=CCC(=O)NCCCN=[N+]=[N-]. The van der Waals surface area contributed by atoms with Gasteiger partial charge in [0.15, 0.2) is 0 Å². The van der Waals surface area contributed by atoms with Gasteiger partial charge in [-0.2, -0.15) is 0 Å². The van der Waals surface area contributed by atoms with Crippen LogP contribution >= 0.6 is 0 Å². The van der Waals surface area contributed by atoms with Gasteiger partial charge < -0.3 is 5.32 Å². The van der Waals surface area contributed by atoms with Crippen molar-refractivity contribution in [1.29, 1.82) is 0 Å². The predicted molar refractivity (Wildman–Crippen MR) is 46.5 cm³/mol. The summed E-state index contributed by atoms with van der Waals surface area (Å²) in [5.74, 6) is -0.0501. The van der Waals surface area contributed by atoms with E-state index < -0.39 is 0 Å². The Labute approximate surface area is 71.1 Å². The zero-order valence-electron chi connectivity index (χ0n) is 6.86. The number of carbonyl (C=O) groups is 1. The maximum Gasteiger partial charge on any atom is 0.223 e. The fourth-order valence-corrected chi connectivity index (χ4v) is 0.626. The molecule has 5 heteroatoms. The zero-order chi connectivity index (χ0) is 9.23. The minimum Gasteiger partial charge on any atom is -0.356 e. The Balaban J connectivity index is 3.24. The summed E-state index contributed by atoms with van der Waals surface area (Å²) in [6, 6.07) is 0. The number of rotatable bonds is 6. The number of nitrogens with one attached hydrogen (secondary N) is 1. The first-order valence-corrected chi connectivity index (χ1v) is 3.69. The van der Waals surface area contributed by atoms with E-state index >= 15 is 0 Å². The fourth-order valence-electron chi connectivity index (χ4n) is 0.626. The molecule has 1 amide bonds. The molecular weight excluding hydrogens is 156 g/mol. The average molecular weight is 168 g/mol. The van der Waals surface area contributed by atoms with Crippen molar-refractivity contribution in [3.63, 3.8) is 0 Å². The Bertz CT molecular complexity index is 196. The van der Waals surface area contributed by atoms with Gasteiger partial charge in [-0.3, -0.25) is 4.79 Å². The first-order chi connectivity index (χ1) is 5.81. The first kappa shape index (κ1) is 10.5. The summed E-state index contributed by atoms with van der Waals surface area (Å²) in [6.07, 6.45) is 2.55. The van der Waals surface area contributed by atoms with E-state index in [1.54, 1.807) is 6.08 Å². The van der Waals surface area contributed by atoms with Crippen LogP contribution in [0.15, 0.2) is 17.8 Å². The van der Waals surface area contributed by atoms with Crippen LogP contribution in [0, 0.1) is 0 Å². The third kappa shape index (κ3) is 6.64. The monoisotopic (exact) mass is 168 g/mol. The average Bonchev–Trinajstić information content (AvgIpc) is 2.05. The van der Waals surface area contributed by atoms with Crippen LogP contribution in [0.5, 0.6) is 0 Å². The highest BCUT2D eigenvalue weighted by molar-refractivity contribution is 5.77. The summed E-state index contributed by atoms with van der Waals surface area (Å²) in [6.45, 7) is 4.40. The molecule has 0 aliphatic carbocycles. The number of carbonyl (C=O) groups excluding carboxylic acids is 1. The highest BCUT2D eigenvalue weighted by Crippen LogP contribution is 1.82. The molecule has 0 aliphatic rings. The minimum absolute atomic E-state index is 0.0501. The minimum atomic E-state index is -0.0501. The Morgan fingerprint density at radius 3 is 3.08 bits per heavy atom. The number of nitrogens with zero attached hydrogens (tertiary/aromatic N) is 3. The quantitative estimate of drug-likeness (QED) is 0.210. The smallest absolute Gasteiger partial charge is 0.223 e. The molecular formula is C7H12N4O. The highest BCUT2D eigenvalue weighted by Gasteiger charge is 1.94. The Hall–Kier alpha value is -1.48. The molecule has 0 heterocycles. The van der Waals surface area contributed by atoms with Crippen LogP contribution in [0.25, 0.3) is 10.4 Å². The van der Waals surface area contributed by atoms with Crippen molar-refractivity contribution in [1.82, 2.24) is 5.32 Å². The van der Waals surface area contributed by atoms with E-state index in [9.17, 15) is 4.79 Å². The Kier molecular flexibility index (Phi) is 6.68. The molecule has 0 rings (SSSR count). The van der Waals surface area contributed by atoms with E-state index in [2.05, 4.69) is 21.9 Å². The molecule has 66 valence electrons. The second-order valence-electron chi connectivity index (χ2n) is 2.15. The molecule has 0 saturated heterocycles. The van der Waals surface area contributed by atoms with Gasteiger partial charge in [0.2, 0.25) is 5.91 Å². The fraction of sp³-hybridized carbons (Fsp3) is 0.571. The molecule has 0 aromatic heterocycles. The lowest BCUT2D eigenvalue weighted by atomic mass is 10.3. The Morgan fingerprint density at radius 1 is 1.75 bits per heavy atom. The second-order valence-corrected chi connectivity index (χ2v) is 2.15. The molecule has 0 bridgehead atoms. The van der Waals surface area contributed by atoms with Crippen LogP contribution in [0.4, 0.5) is 0 Å². The zero-order valence-corrected chi connectivity index (χ0v) is 6.86. The van der Waals surface area contributed by atoms with Crippen molar-refractivity contribution >= 4 is 5.91 Å². The summed E-state index contributed by atoms with van der Waals surface area (Å²) >= 11 is 0. The van der Waals surface area contributed by atoms with Crippen molar-refractivity contribution in [3.05, 3.63) is 23.1 Å². The van der Waals surface area contributed by atoms with Gasteiger partial charge in [-0.25, -0.2) is 0 Å². The van der Waals surface area contributed by atoms with Crippen LogP contribution < -0.4 is 5.32 Å². The van der Waals surface area contributed by atoms with Crippen LogP contribution in [-0.4, -0.2) is 19.0 Å². The van der Waals surface area contributed by atoms with Crippen molar-refractivity contribution in [3.8, 4) is 0 Å². The molecule has 0 aromatic carbocycles. The molecule has 0 saturated carbocycles. The lowest BCUT2D eigenvalue weighted by Gasteiger charge is -1.99. The summed E-state index contributed by atoms with van der Waals surface area (Å²) in [5, 5.41) is 5.97. The van der Waals surface area contributed by atoms with Gasteiger partial charge in [-0.1, -0.05) is 11.2 Å². The van der Waals surface area contributed by atoms with Crippen molar-refractivity contribution < 1.29 is 4.79 Å². The van der Waals surface area contributed by atoms with Gasteiger partial charge in [0, 0.05) is 24.4 Å². The largest absolute Gasteiger partial charge is 0.356 e. The molecule has 0 aromatic rings. The van der Waals surface area contributed by atoms with Crippen LogP contribution in [0.1, 0.15) is 12.8 Å². The van der Waals surface area contributed by atoms with Crippen molar-refractivity contribution in [2.24, 2.45) is 5.11 Å². The van der Waals surface area contributed by atoms with Gasteiger partial charge in [-0.05, 0) is 12.0 Å². The van der Waals surface area contributed by atoms with E-state index in [0.29, 0.717) is 25.9 Å². The van der Waals surface area contributed by atoms with Crippen LogP contribution in [-0.2, 0) is 4.79 Å². The second kappa shape index (κ2) is 7.63. The Morgan fingerprint density at radius 2 is 2.50 bits per heavy atom. The summed E-state index contributed by atoms with van der Waals surface area (Å²) in [5.41, 5.74) is 7.92. The normalized spacial score (nSPS) is 8.33. The summed E-state index contributed by atoms with van der Waals surface area (Å²) in [7, 11) is 0. The van der Waals surface area contributed by atoms with E-state index in [1.165, 1.54) is 0 Å². The van der Waals surface area contributed by atoms with E-state index in [1.807, 2.05) is 0 Å². The van der Waals surface area contributed by atoms with E-state index in [0.717, 1.165) is 0 Å². The van der Waals surface area contributed by atoms with Crippen LogP contribution in [0.2, 0.25) is 0 Å². The summed E-state index contributed by atoms with van der Waals surface area (Å²) in [4.78, 5) is 13.4. The van der Waals surface area contributed by atoms with Gasteiger partial charge in [-0.15, -0.1) is 6.58 Å². The van der Waals surface area contributed by atoms with Gasteiger partial charge in [0.1, 0.15) is 0 Å². The topological polar surface area (TPSA) is 77.9 Å². The lowest BCUT2D eigenvalue weighted by molar-refractivity contribution is -0.120. The predicted octanol–water partition coefficient (Wildman–Crippen LogP) is 1.38. The van der Waals surface area contributed by atoms with E-state index in [4.69, 9.17) is 5.53 Å². The number of amides is 1. The molecule has 12 heavy (non-hydrogen) atoms. The first-order valence-electron chi connectivity index (χ1n) is 3.69.